The molecule has 0 bridgehead atoms. The van der Waals surface area contributed by atoms with Gasteiger partial charge in [0.15, 0.2) is 0 Å². The van der Waals surface area contributed by atoms with Gasteiger partial charge in [0.2, 0.25) is 0 Å². The molecule has 1 rings (SSSR count). The molecule has 0 aliphatic carbocycles. The lowest BCUT2D eigenvalue weighted by Gasteiger charge is -2.12. The van der Waals surface area contributed by atoms with Crippen LogP contribution in [0.25, 0.3) is 0 Å². The molecule has 3 heteroatoms. The van der Waals surface area contributed by atoms with Crippen molar-refractivity contribution in [1.82, 2.24) is 5.32 Å². The summed E-state index contributed by atoms with van der Waals surface area (Å²) in [4.78, 5) is 0. The topological polar surface area (TPSA) is 45.4 Å². The zero-order valence-electron chi connectivity index (χ0n) is 9.57. The molecule has 1 heterocycles. The molecule has 0 saturated heterocycles. The molecule has 0 spiro atoms. The van der Waals surface area contributed by atoms with E-state index < -0.39 is 0 Å². The summed E-state index contributed by atoms with van der Waals surface area (Å²) in [5.41, 5.74) is 0. The number of nitrogens with one attached hydrogen (secondary N) is 1. The molecule has 0 saturated carbocycles. The summed E-state index contributed by atoms with van der Waals surface area (Å²) in [6, 6.07) is 4.12. The molecule has 1 aromatic rings. The van der Waals surface area contributed by atoms with Gasteiger partial charge in [-0.15, -0.1) is 0 Å². The fourth-order valence-corrected chi connectivity index (χ4v) is 1.50. The second-order valence-corrected chi connectivity index (χ2v) is 3.90. The fraction of sp³-hybridized carbons (Fsp3) is 0.667. The van der Waals surface area contributed by atoms with E-state index in [4.69, 9.17) is 4.42 Å². The Balaban J connectivity index is 2.10. The molecule has 0 aromatic carbocycles. The Kier molecular flexibility index (Phi) is 5.43. The Morgan fingerprint density at radius 2 is 2.33 bits per heavy atom. The minimum absolute atomic E-state index is 0.147. The van der Waals surface area contributed by atoms with E-state index in [1.165, 1.54) is 0 Å². The van der Waals surface area contributed by atoms with E-state index in [-0.39, 0.29) is 12.1 Å². The van der Waals surface area contributed by atoms with Crippen LogP contribution in [0.3, 0.4) is 0 Å². The van der Waals surface area contributed by atoms with Crippen LogP contribution in [0.15, 0.2) is 22.8 Å². The maximum Gasteiger partial charge on any atom is 0.120 e. The normalized spacial score (nSPS) is 15.1. The maximum atomic E-state index is 9.36. The molecule has 0 aliphatic rings. The SMILES string of the molecule is CCC(O)CCCNC(C)c1ccco1. The van der Waals surface area contributed by atoms with Gasteiger partial charge >= 0.3 is 0 Å². The lowest BCUT2D eigenvalue weighted by molar-refractivity contribution is 0.157. The van der Waals surface area contributed by atoms with Crippen molar-refractivity contribution < 1.29 is 9.52 Å². The summed E-state index contributed by atoms with van der Waals surface area (Å²) in [5.74, 6) is 0.964. The van der Waals surface area contributed by atoms with Crippen LogP contribution in [0.2, 0.25) is 0 Å². The molecule has 2 atom stereocenters. The summed E-state index contributed by atoms with van der Waals surface area (Å²) in [7, 11) is 0. The van der Waals surface area contributed by atoms with Crippen molar-refractivity contribution in [3.05, 3.63) is 24.2 Å². The molecule has 2 unspecified atom stereocenters. The first kappa shape index (κ1) is 12.3. The number of furan rings is 1. The highest BCUT2D eigenvalue weighted by Gasteiger charge is 2.07. The molecular weight excluding hydrogens is 190 g/mol. The molecular formula is C12H21NO2. The van der Waals surface area contributed by atoms with Crippen molar-refractivity contribution >= 4 is 0 Å². The molecule has 1 aromatic heterocycles. The standard InChI is InChI=1S/C12H21NO2/c1-3-11(14)6-4-8-13-10(2)12-7-5-9-15-12/h5,7,9-11,13-14H,3-4,6,8H2,1-2H3. The van der Waals surface area contributed by atoms with E-state index in [2.05, 4.69) is 12.2 Å². The highest BCUT2D eigenvalue weighted by molar-refractivity contribution is 5.02. The first-order chi connectivity index (χ1) is 7.24. The van der Waals surface area contributed by atoms with Crippen molar-refractivity contribution in [3.63, 3.8) is 0 Å². The summed E-state index contributed by atoms with van der Waals surface area (Å²) in [6.45, 7) is 5.00. The van der Waals surface area contributed by atoms with Crippen LogP contribution >= 0.6 is 0 Å². The second kappa shape index (κ2) is 6.64. The van der Waals surface area contributed by atoms with Crippen LogP contribution in [0, 0.1) is 0 Å². The molecule has 0 fully saturated rings. The summed E-state index contributed by atoms with van der Waals surface area (Å²) in [5, 5.41) is 12.7. The van der Waals surface area contributed by atoms with Crippen molar-refractivity contribution in [2.45, 2.75) is 45.3 Å². The third kappa shape index (κ3) is 4.49. The summed E-state index contributed by atoms with van der Waals surface area (Å²) < 4.78 is 5.28. The quantitative estimate of drug-likeness (QED) is 0.681. The number of hydrogen-bond acceptors (Lipinski definition) is 3. The van der Waals surface area contributed by atoms with E-state index in [0.29, 0.717) is 0 Å². The lowest BCUT2D eigenvalue weighted by Crippen LogP contribution is -2.20. The smallest absolute Gasteiger partial charge is 0.120 e. The zero-order chi connectivity index (χ0) is 11.1. The molecule has 0 radical (unpaired) electrons. The van der Waals surface area contributed by atoms with Crippen LogP contribution in [-0.4, -0.2) is 17.8 Å². The molecule has 86 valence electrons. The van der Waals surface area contributed by atoms with Crippen LogP contribution in [0.5, 0.6) is 0 Å². The predicted octanol–water partition coefficient (Wildman–Crippen LogP) is 2.48. The summed E-state index contributed by atoms with van der Waals surface area (Å²) >= 11 is 0. The van der Waals surface area contributed by atoms with E-state index in [9.17, 15) is 5.11 Å². The molecule has 2 N–H and O–H groups in total. The van der Waals surface area contributed by atoms with Crippen molar-refractivity contribution in [1.29, 1.82) is 0 Å². The third-order valence-corrected chi connectivity index (χ3v) is 2.61. The largest absolute Gasteiger partial charge is 0.468 e. The van der Waals surface area contributed by atoms with Gasteiger partial charge in [0.1, 0.15) is 5.76 Å². The molecule has 0 amide bonds. The van der Waals surface area contributed by atoms with Crippen LogP contribution in [0.1, 0.15) is 44.9 Å². The predicted molar refractivity (Wildman–Crippen MR) is 60.7 cm³/mol. The van der Waals surface area contributed by atoms with E-state index in [1.807, 2.05) is 19.1 Å². The first-order valence-corrected chi connectivity index (χ1v) is 5.69. The van der Waals surface area contributed by atoms with Gasteiger partial charge < -0.3 is 14.8 Å². The summed E-state index contributed by atoms with van der Waals surface area (Å²) in [6.07, 6.45) is 4.25. The third-order valence-electron chi connectivity index (χ3n) is 2.61. The average Bonchev–Trinajstić information content (AvgIpc) is 2.77. The number of hydrogen-bond donors (Lipinski definition) is 2. The Morgan fingerprint density at radius 3 is 2.93 bits per heavy atom. The molecule has 15 heavy (non-hydrogen) atoms. The van der Waals surface area contributed by atoms with Gasteiger partial charge in [-0.05, 0) is 44.9 Å². The fourth-order valence-electron chi connectivity index (χ4n) is 1.50. The van der Waals surface area contributed by atoms with Crippen molar-refractivity contribution in [3.8, 4) is 0 Å². The maximum absolute atomic E-state index is 9.36. The minimum Gasteiger partial charge on any atom is -0.468 e. The number of aliphatic hydroxyl groups is 1. The van der Waals surface area contributed by atoms with Crippen molar-refractivity contribution in [2.75, 3.05) is 6.54 Å². The Morgan fingerprint density at radius 1 is 1.53 bits per heavy atom. The van der Waals surface area contributed by atoms with Gasteiger partial charge in [-0.25, -0.2) is 0 Å². The molecule has 3 nitrogen and oxygen atoms in total. The van der Waals surface area contributed by atoms with Crippen molar-refractivity contribution in [2.24, 2.45) is 0 Å². The number of rotatable bonds is 7. The highest BCUT2D eigenvalue weighted by Crippen LogP contribution is 2.12. The van der Waals surface area contributed by atoms with E-state index >= 15 is 0 Å². The van der Waals surface area contributed by atoms with E-state index in [0.717, 1.165) is 31.6 Å². The van der Waals surface area contributed by atoms with Crippen LogP contribution in [-0.2, 0) is 0 Å². The van der Waals surface area contributed by atoms with Gasteiger partial charge in [0.25, 0.3) is 0 Å². The highest BCUT2D eigenvalue weighted by atomic mass is 16.3. The van der Waals surface area contributed by atoms with Gasteiger partial charge in [-0.1, -0.05) is 6.92 Å². The zero-order valence-corrected chi connectivity index (χ0v) is 9.57. The van der Waals surface area contributed by atoms with E-state index in [1.54, 1.807) is 6.26 Å². The molecule has 0 aliphatic heterocycles. The van der Waals surface area contributed by atoms with Gasteiger partial charge in [-0.3, -0.25) is 0 Å². The Labute approximate surface area is 91.5 Å². The minimum atomic E-state index is -0.147. The first-order valence-electron chi connectivity index (χ1n) is 5.69. The Hall–Kier alpha value is -0.800. The van der Waals surface area contributed by atoms with Crippen LogP contribution < -0.4 is 5.32 Å². The van der Waals surface area contributed by atoms with Gasteiger partial charge in [0, 0.05) is 0 Å². The number of aliphatic hydroxyl groups excluding tert-OH is 1. The second-order valence-electron chi connectivity index (χ2n) is 3.90. The average molecular weight is 211 g/mol. The Bertz CT molecular complexity index is 246. The van der Waals surface area contributed by atoms with Crippen LogP contribution in [0.4, 0.5) is 0 Å². The lowest BCUT2D eigenvalue weighted by atomic mass is 10.1. The van der Waals surface area contributed by atoms with Gasteiger partial charge in [0.05, 0.1) is 18.4 Å². The monoisotopic (exact) mass is 211 g/mol. The van der Waals surface area contributed by atoms with Gasteiger partial charge in [-0.2, -0.15) is 0 Å².